The number of ether oxygens (including phenoxy) is 2. The van der Waals surface area contributed by atoms with E-state index in [4.69, 9.17) is 44.3 Å². The van der Waals surface area contributed by atoms with Gasteiger partial charge in [-0.2, -0.15) is 0 Å². The molecule has 0 spiro atoms. The zero-order chi connectivity index (χ0) is 19.6. The van der Waals surface area contributed by atoms with Gasteiger partial charge in [0, 0.05) is 17.7 Å². The molecule has 0 saturated heterocycles. The van der Waals surface area contributed by atoms with Gasteiger partial charge in [-0.25, -0.2) is 0 Å². The summed E-state index contributed by atoms with van der Waals surface area (Å²) in [7, 11) is 0. The lowest BCUT2D eigenvalue weighted by Crippen LogP contribution is -2.41. The number of halogens is 3. The van der Waals surface area contributed by atoms with Crippen LogP contribution in [0.25, 0.3) is 0 Å². The summed E-state index contributed by atoms with van der Waals surface area (Å²) in [6.07, 6.45) is 0. The Bertz CT molecular complexity index is 872. The van der Waals surface area contributed by atoms with Crippen LogP contribution in [-0.4, -0.2) is 25.7 Å². The third-order valence-electron chi connectivity index (χ3n) is 4.24. The van der Waals surface area contributed by atoms with Gasteiger partial charge in [0.15, 0.2) is 11.5 Å². The Labute approximate surface area is 172 Å². The highest BCUT2D eigenvalue weighted by Gasteiger charge is 2.22. The number of nitrogens with one attached hydrogen (secondary N) is 2. The molecule has 0 fully saturated rings. The molecule has 8 heteroatoms. The second-order valence-corrected chi connectivity index (χ2v) is 7.85. The van der Waals surface area contributed by atoms with Crippen LogP contribution >= 0.6 is 34.8 Å². The zero-order valence-electron chi connectivity index (χ0n) is 14.9. The van der Waals surface area contributed by atoms with Crippen LogP contribution in [0.15, 0.2) is 30.3 Å². The molecule has 5 nitrogen and oxygen atoms in total. The normalized spacial score (nSPS) is 13.4. The molecule has 0 aliphatic carbocycles. The number of rotatable bonds is 5. The summed E-state index contributed by atoms with van der Waals surface area (Å²) < 4.78 is 11.0. The van der Waals surface area contributed by atoms with E-state index in [0.717, 1.165) is 5.56 Å². The first-order valence-electron chi connectivity index (χ1n) is 8.36. The minimum atomic E-state index is -0.484. The van der Waals surface area contributed by atoms with Crippen LogP contribution in [0.3, 0.4) is 0 Å². The highest BCUT2D eigenvalue weighted by molar-refractivity contribution is 6.42. The third kappa shape index (κ3) is 4.79. The molecule has 0 radical (unpaired) electrons. The van der Waals surface area contributed by atoms with Crippen molar-refractivity contribution >= 4 is 46.4 Å². The van der Waals surface area contributed by atoms with Crippen molar-refractivity contribution in [1.29, 1.82) is 0 Å². The topological polar surface area (TPSA) is 59.6 Å². The van der Waals surface area contributed by atoms with Gasteiger partial charge in [0.05, 0.1) is 27.3 Å². The molecule has 2 aromatic rings. The van der Waals surface area contributed by atoms with E-state index in [1.165, 1.54) is 0 Å². The summed E-state index contributed by atoms with van der Waals surface area (Å²) in [4.78, 5) is 12.4. The molecule has 2 N–H and O–H groups in total. The van der Waals surface area contributed by atoms with Crippen molar-refractivity contribution in [3.05, 3.63) is 51.0 Å². The van der Waals surface area contributed by atoms with Crippen molar-refractivity contribution in [2.75, 3.05) is 25.1 Å². The van der Waals surface area contributed by atoms with Crippen LogP contribution in [0, 0.1) is 0 Å². The first-order chi connectivity index (χ1) is 12.8. The molecule has 1 amide bonds. The summed E-state index contributed by atoms with van der Waals surface area (Å²) in [5.74, 6) is 0.898. The molecule has 3 rings (SSSR count). The van der Waals surface area contributed by atoms with Crippen molar-refractivity contribution in [2.45, 2.75) is 19.4 Å². The number of benzene rings is 2. The number of carbonyl (C=O) groups is 1. The highest BCUT2D eigenvalue weighted by Crippen LogP contribution is 2.38. The molecule has 1 aliphatic heterocycles. The first kappa shape index (κ1) is 20.1. The van der Waals surface area contributed by atoms with E-state index in [0.29, 0.717) is 45.5 Å². The van der Waals surface area contributed by atoms with Crippen molar-refractivity contribution in [2.24, 2.45) is 0 Å². The average molecular weight is 430 g/mol. The smallest absolute Gasteiger partial charge is 0.238 e. The number of carbonyl (C=O) groups excluding carboxylic acids is 1. The Morgan fingerprint density at radius 1 is 1.00 bits per heavy atom. The van der Waals surface area contributed by atoms with Gasteiger partial charge in [-0.1, -0.05) is 40.9 Å². The van der Waals surface area contributed by atoms with Gasteiger partial charge in [-0.3, -0.25) is 10.1 Å². The zero-order valence-corrected chi connectivity index (χ0v) is 17.1. The standard InChI is InChI=1S/C19H19Cl3N2O3/c1-19(2,11-3-4-12(20)13(21)7-11)23-10-18(25)24-15-9-17-16(8-14(15)22)26-5-6-27-17/h3-4,7-9,23H,5-6,10H2,1-2H3,(H,24,25). The SMILES string of the molecule is CC(C)(NCC(=O)Nc1cc2c(cc1Cl)OCCO2)c1ccc(Cl)c(Cl)c1. The minimum Gasteiger partial charge on any atom is -0.486 e. The number of fused-ring (bicyclic) bond motifs is 1. The molecular weight excluding hydrogens is 411 g/mol. The highest BCUT2D eigenvalue weighted by atomic mass is 35.5. The van der Waals surface area contributed by atoms with Gasteiger partial charge in [0.1, 0.15) is 13.2 Å². The van der Waals surface area contributed by atoms with E-state index >= 15 is 0 Å². The van der Waals surface area contributed by atoms with E-state index in [9.17, 15) is 4.79 Å². The lowest BCUT2D eigenvalue weighted by molar-refractivity contribution is -0.115. The van der Waals surface area contributed by atoms with E-state index in [1.807, 2.05) is 19.9 Å². The molecule has 0 aromatic heterocycles. The largest absolute Gasteiger partial charge is 0.486 e. The minimum absolute atomic E-state index is 0.0814. The van der Waals surface area contributed by atoms with Crippen molar-refractivity contribution < 1.29 is 14.3 Å². The predicted octanol–water partition coefficient (Wildman–Crippen LogP) is 4.88. The quantitative estimate of drug-likeness (QED) is 0.711. The number of hydrogen-bond acceptors (Lipinski definition) is 4. The lowest BCUT2D eigenvalue weighted by atomic mass is 9.94. The van der Waals surface area contributed by atoms with E-state index in [2.05, 4.69) is 10.6 Å². The van der Waals surface area contributed by atoms with E-state index < -0.39 is 5.54 Å². The van der Waals surface area contributed by atoms with Crippen LogP contribution in [0.1, 0.15) is 19.4 Å². The fourth-order valence-corrected chi connectivity index (χ4v) is 3.14. The van der Waals surface area contributed by atoms with Crippen LogP contribution < -0.4 is 20.1 Å². The van der Waals surface area contributed by atoms with Gasteiger partial charge in [-0.05, 0) is 31.5 Å². The van der Waals surface area contributed by atoms with Crippen LogP contribution in [-0.2, 0) is 10.3 Å². The van der Waals surface area contributed by atoms with Gasteiger partial charge in [0.25, 0.3) is 0 Å². The fourth-order valence-electron chi connectivity index (χ4n) is 2.64. The van der Waals surface area contributed by atoms with Crippen molar-refractivity contribution in [3.8, 4) is 11.5 Å². The van der Waals surface area contributed by atoms with Gasteiger partial charge in [0.2, 0.25) is 5.91 Å². The fraction of sp³-hybridized carbons (Fsp3) is 0.316. The summed E-state index contributed by atoms with van der Waals surface area (Å²) in [5.41, 5.74) is 0.907. The molecule has 0 bridgehead atoms. The molecule has 0 saturated carbocycles. The Kier molecular flexibility index (Phi) is 6.06. The van der Waals surface area contributed by atoms with E-state index in [1.54, 1.807) is 24.3 Å². The maximum absolute atomic E-state index is 12.4. The lowest BCUT2D eigenvalue weighted by Gasteiger charge is -2.27. The van der Waals surface area contributed by atoms with E-state index in [-0.39, 0.29) is 12.5 Å². The summed E-state index contributed by atoms with van der Waals surface area (Å²) in [5, 5.41) is 7.34. The first-order valence-corrected chi connectivity index (χ1v) is 9.49. The van der Waals surface area contributed by atoms with Crippen LogP contribution in [0.2, 0.25) is 15.1 Å². The average Bonchev–Trinajstić information content (AvgIpc) is 2.63. The summed E-state index contributed by atoms with van der Waals surface area (Å²) >= 11 is 18.3. The number of amides is 1. The monoisotopic (exact) mass is 428 g/mol. The van der Waals surface area contributed by atoms with Gasteiger partial charge >= 0.3 is 0 Å². The van der Waals surface area contributed by atoms with Crippen LogP contribution in [0.5, 0.6) is 11.5 Å². The second-order valence-electron chi connectivity index (χ2n) is 6.63. The van der Waals surface area contributed by atoms with Crippen molar-refractivity contribution in [3.63, 3.8) is 0 Å². The number of anilines is 1. The Hall–Kier alpha value is -1.66. The Morgan fingerprint density at radius 2 is 1.67 bits per heavy atom. The number of hydrogen-bond donors (Lipinski definition) is 2. The molecule has 0 unspecified atom stereocenters. The van der Waals surface area contributed by atoms with Crippen LogP contribution in [0.4, 0.5) is 5.69 Å². The Balaban J connectivity index is 1.65. The van der Waals surface area contributed by atoms with Crippen molar-refractivity contribution in [1.82, 2.24) is 5.32 Å². The summed E-state index contributed by atoms with van der Waals surface area (Å²) in [6.45, 7) is 4.93. The third-order valence-corrected chi connectivity index (χ3v) is 5.29. The molecule has 1 heterocycles. The predicted molar refractivity (Wildman–Crippen MR) is 109 cm³/mol. The molecular formula is C19H19Cl3N2O3. The van der Waals surface area contributed by atoms with Gasteiger partial charge < -0.3 is 14.8 Å². The van der Waals surface area contributed by atoms with Gasteiger partial charge in [-0.15, -0.1) is 0 Å². The maximum Gasteiger partial charge on any atom is 0.238 e. The molecule has 27 heavy (non-hydrogen) atoms. The Morgan fingerprint density at radius 3 is 2.33 bits per heavy atom. The molecule has 0 atom stereocenters. The maximum atomic E-state index is 12.4. The molecule has 144 valence electrons. The molecule has 1 aliphatic rings. The summed E-state index contributed by atoms with van der Waals surface area (Å²) in [6, 6.07) is 8.69. The molecule has 2 aromatic carbocycles. The second kappa shape index (κ2) is 8.15.